The number of nitrogens with zero attached hydrogens (tertiary/aromatic N) is 3. The smallest absolute Gasteiger partial charge is 0.210 e. The van der Waals surface area contributed by atoms with Crippen LogP contribution in [0.15, 0.2) is 36.4 Å². The molecule has 15 heavy (non-hydrogen) atoms. The van der Waals surface area contributed by atoms with E-state index in [2.05, 4.69) is 5.10 Å². The fraction of sp³-hybridized carbons (Fsp3) is 0.100. The third-order valence-electron chi connectivity index (χ3n) is 2.09. The first-order chi connectivity index (χ1) is 7.18. The quantitative estimate of drug-likeness (QED) is 0.553. The van der Waals surface area contributed by atoms with Crippen LogP contribution < -0.4 is 0 Å². The molecule has 0 fully saturated rings. The Morgan fingerprint density at radius 2 is 2.00 bits per heavy atom. The van der Waals surface area contributed by atoms with Gasteiger partial charge in [-0.1, -0.05) is 30.3 Å². The van der Waals surface area contributed by atoms with Gasteiger partial charge in [0.05, 0.1) is 10.1 Å². The Bertz CT molecular complexity index is 491. The Hall–Kier alpha value is -2.17. The molecule has 1 heterocycles. The maximum Gasteiger partial charge on any atom is 0.210 e. The van der Waals surface area contributed by atoms with E-state index >= 15 is 0 Å². The maximum atomic E-state index is 10.6. The fourth-order valence-electron chi connectivity index (χ4n) is 1.38. The summed E-state index contributed by atoms with van der Waals surface area (Å²) in [6, 6.07) is 11.1. The molecular formula is C10H9N3O2. The number of hydrogen-bond acceptors (Lipinski definition) is 3. The number of aryl methyl sites for hydroxylation is 1. The number of rotatable bonds is 2. The van der Waals surface area contributed by atoms with Gasteiger partial charge in [0.1, 0.15) is 5.69 Å². The molecule has 5 heteroatoms. The molecule has 2 rings (SSSR count). The van der Waals surface area contributed by atoms with Crippen LogP contribution in [0.5, 0.6) is 0 Å². The van der Waals surface area contributed by atoms with Crippen LogP contribution in [0.2, 0.25) is 0 Å². The van der Waals surface area contributed by atoms with Crippen LogP contribution in [0, 0.1) is 17.0 Å². The lowest BCUT2D eigenvalue weighted by molar-refractivity contribution is -0.553. The standard InChI is InChI=1S/C10H9N3O2/c1-8-7-10(11-12(8)13(14)15)9-5-3-2-4-6-9/h2-7H,1H3. The zero-order valence-electron chi connectivity index (χ0n) is 8.12. The zero-order valence-corrected chi connectivity index (χ0v) is 8.12. The fourth-order valence-corrected chi connectivity index (χ4v) is 1.38. The first kappa shape index (κ1) is 9.39. The van der Waals surface area contributed by atoms with E-state index < -0.39 is 5.03 Å². The van der Waals surface area contributed by atoms with Crippen molar-refractivity contribution < 1.29 is 5.03 Å². The summed E-state index contributed by atoms with van der Waals surface area (Å²) in [6.45, 7) is 1.66. The van der Waals surface area contributed by atoms with Crippen LogP contribution in [0.3, 0.4) is 0 Å². The molecule has 0 spiro atoms. The second kappa shape index (κ2) is 3.53. The minimum Gasteiger partial charge on any atom is -0.339 e. The van der Waals surface area contributed by atoms with E-state index in [0.717, 1.165) is 10.4 Å². The lowest BCUT2D eigenvalue weighted by Gasteiger charge is -1.91. The second-order valence-corrected chi connectivity index (χ2v) is 3.16. The highest BCUT2D eigenvalue weighted by molar-refractivity contribution is 5.58. The van der Waals surface area contributed by atoms with Gasteiger partial charge in [-0.2, -0.15) is 0 Å². The zero-order chi connectivity index (χ0) is 10.8. The van der Waals surface area contributed by atoms with Crippen LogP contribution in [0.25, 0.3) is 11.3 Å². The molecule has 1 aromatic heterocycles. The van der Waals surface area contributed by atoms with Gasteiger partial charge in [-0.05, 0) is 6.92 Å². The number of nitro groups is 1. The largest absolute Gasteiger partial charge is 0.339 e. The minimum atomic E-state index is -0.540. The van der Waals surface area contributed by atoms with Crippen molar-refractivity contribution in [3.05, 3.63) is 52.2 Å². The molecule has 0 aliphatic carbocycles. The summed E-state index contributed by atoms with van der Waals surface area (Å²) in [6.07, 6.45) is 0. The molecule has 5 nitrogen and oxygen atoms in total. The van der Waals surface area contributed by atoms with Crippen LogP contribution in [0.4, 0.5) is 0 Å². The molecule has 0 N–H and O–H groups in total. The van der Waals surface area contributed by atoms with Crippen molar-refractivity contribution >= 4 is 0 Å². The van der Waals surface area contributed by atoms with E-state index in [9.17, 15) is 10.1 Å². The van der Waals surface area contributed by atoms with Gasteiger partial charge in [0.25, 0.3) is 0 Å². The Labute approximate surface area is 86.1 Å². The number of hydrogen-bond donors (Lipinski definition) is 0. The molecule has 76 valence electrons. The van der Waals surface area contributed by atoms with Crippen molar-refractivity contribution in [3.8, 4) is 11.3 Å². The Morgan fingerprint density at radius 3 is 2.53 bits per heavy atom. The van der Waals surface area contributed by atoms with E-state index in [-0.39, 0.29) is 0 Å². The average molecular weight is 203 g/mol. The van der Waals surface area contributed by atoms with Crippen LogP contribution >= 0.6 is 0 Å². The normalized spacial score (nSPS) is 10.2. The molecule has 0 unspecified atom stereocenters. The van der Waals surface area contributed by atoms with Crippen molar-refractivity contribution in [1.29, 1.82) is 0 Å². The summed E-state index contributed by atoms with van der Waals surface area (Å²) in [5.74, 6) is 0. The monoisotopic (exact) mass is 203 g/mol. The Kier molecular flexibility index (Phi) is 2.21. The van der Waals surface area contributed by atoms with Crippen molar-refractivity contribution in [3.63, 3.8) is 0 Å². The van der Waals surface area contributed by atoms with Crippen LogP contribution in [-0.4, -0.2) is 14.9 Å². The van der Waals surface area contributed by atoms with Gasteiger partial charge >= 0.3 is 0 Å². The molecular weight excluding hydrogens is 194 g/mol. The topological polar surface area (TPSA) is 61.0 Å². The maximum absolute atomic E-state index is 10.6. The highest BCUT2D eigenvalue weighted by atomic mass is 16.7. The van der Waals surface area contributed by atoms with Crippen molar-refractivity contribution in [1.82, 2.24) is 9.89 Å². The molecule has 0 radical (unpaired) electrons. The minimum absolute atomic E-state index is 0.513. The van der Waals surface area contributed by atoms with E-state index in [4.69, 9.17) is 0 Å². The van der Waals surface area contributed by atoms with Gasteiger partial charge in [-0.3, -0.25) is 0 Å². The van der Waals surface area contributed by atoms with Gasteiger partial charge in [-0.15, -0.1) is 0 Å². The van der Waals surface area contributed by atoms with Gasteiger partial charge in [0, 0.05) is 16.4 Å². The molecule has 0 saturated carbocycles. The van der Waals surface area contributed by atoms with E-state index in [1.165, 1.54) is 0 Å². The number of aromatic nitrogens is 2. The molecule has 0 aliphatic rings. The first-order valence-electron chi connectivity index (χ1n) is 4.45. The van der Waals surface area contributed by atoms with E-state index in [1.807, 2.05) is 30.3 Å². The Balaban J connectivity index is 2.48. The lowest BCUT2D eigenvalue weighted by atomic mass is 10.1. The van der Waals surface area contributed by atoms with Crippen molar-refractivity contribution in [2.45, 2.75) is 6.92 Å². The van der Waals surface area contributed by atoms with Gasteiger partial charge < -0.3 is 10.1 Å². The molecule has 0 amide bonds. The van der Waals surface area contributed by atoms with Crippen molar-refractivity contribution in [2.24, 2.45) is 0 Å². The summed E-state index contributed by atoms with van der Waals surface area (Å²) < 4.78 is 0. The summed E-state index contributed by atoms with van der Waals surface area (Å²) in [5, 5.41) is 13.9. The summed E-state index contributed by atoms with van der Waals surface area (Å²) in [4.78, 5) is 11.4. The lowest BCUT2D eigenvalue weighted by Crippen LogP contribution is -2.11. The third kappa shape index (κ3) is 1.71. The average Bonchev–Trinajstić information content (AvgIpc) is 2.62. The molecule has 2 aromatic rings. The highest BCUT2D eigenvalue weighted by Crippen LogP contribution is 2.17. The summed E-state index contributed by atoms with van der Waals surface area (Å²) in [5.41, 5.74) is 2.00. The van der Waals surface area contributed by atoms with E-state index in [1.54, 1.807) is 13.0 Å². The summed E-state index contributed by atoms with van der Waals surface area (Å²) in [7, 11) is 0. The van der Waals surface area contributed by atoms with E-state index in [0.29, 0.717) is 11.4 Å². The molecule has 1 aromatic carbocycles. The highest BCUT2D eigenvalue weighted by Gasteiger charge is 2.15. The van der Waals surface area contributed by atoms with Crippen molar-refractivity contribution in [2.75, 3.05) is 0 Å². The third-order valence-corrected chi connectivity index (χ3v) is 2.09. The van der Waals surface area contributed by atoms with Gasteiger partial charge in [-0.25, -0.2) is 0 Å². The first-order valence-corrected chi connectivity index (χ1v) is 4.45. The summed E-state index contributed by atoms with van der Waals surface area (Å²) >= 11 is 0. The number of benzene rings is 1. The van der Waals surface area contributed by atoms with Gasteiger partial charge in [0.15, 0.2) is 0 Å². The molecule has 0 aliphatic heterocycles. The predicted octanol–water partition coefficient (Wildman–Crippen LogP) is 1.90. The molecule has 0 bridgehead atoms. The molecule has 0 atom stereocenters. The molecule has 0 saturated heterocycles. The van der Waals surface area contributed by atoms with Crippen LogP contribution in [0.1, 0.15) is 5.69 Å². The predicted molar refractivity (Wildman–Crippen MR) is 54.8 cm³/mol. The second-order valence-electron chi connectivity index (χ2n) is 3.16. The van der Waals surface area contributed by atoms with Gasteiger partial charge in [0.2, 0.25) is 5.69 Å². The Morgan fingerprint density at radius 1 is 1.33 bits per heavy atom. The SMILES string of the molecule is Cc1cc(-c2ccccc2)nn1[N+](=O)[O-]. The van der Waals surface area contributed by atoms with Crippen LogP contribution in [-0.2, 0) is 0 Å².